The highest BCUT2D eigenvalue weighted by Gasteiger charge is 2.40. The molecular weight excluding hydrogens is 415 g/mol. The SMILES string of the molecule is CCOC(=O)c1c(C(F)(F)F)[nH]n2c(=O)cc(-c3cc(F)c(F)c(F)c3F)nc12. The number of hydrogen-bond acceptors (Lipinski definition) is 4. The lowest BCUT2D eigenvalue weighted by molar-refractivity contribution is -0.141. The number of fused-ring (bicyclic) bond motifs is 1. The van der Waals surface area contributed by atoms with Crippen LogP contribution in [0.25, 0.3) is 16.9 Å². The van der Waals surface area contributed by atoms with Gasteiger partial charge in [0.2, 0.25) is 0 Å². The van der Waals surface area contributed by atoms with Gasteiger partial charge in [0.15, 0.2) is 34.6 Å². The number of aromatic nitrogens is 3. The third kappa shape index (κ3) is 3.32. The Hall–Kier alpha value is -3.38. The summed E-state index contributed by atoms with van der Waals surface area (Å²) < 4.78 is 98.7. The minimum absolute atomic E-state index is 0.174. The second-order valence-electron chi connectivity index (χ2n) is 5.57. The molecule has 6 nitrogen and oxygen atoms in total. The summed E-state index contributed by atoms with van der Waals surface area (Å²) in [6.45, 7) is 0.991. The van der Waals surface area contributed by atoms with E-state index in [0.717, 1.165) is 0 Å². The lowest BCUT2D eigenvalue weighted by Gasteiger charge is -2.07. The quantitative estimate of drug-likeness (QED) is 0.303. The molecule has 0 bridgehead atoms. The molecule has 13 heteroatoms. The number of hydrogen-bond donors (Lipinski definition) is 1. The van der Waals surface area contributed by atoms with E-state index in [0.29, 0.717) is 6.07 Å². The van der Waals surface area contributed by atoms with E-state index in [4.69, 9.17) is 0 Å². The van der Waals surface area contributed by atoms with Gasteiger partial charge in [0.25, 0.3) is 5.56 Å². The highest BCUT2D eigenvalue weighted by atomic mass is 19.4. The van der Waals surface area contributed by atoms with Crippen molar-refractivity contribution in [2.45, 2.75) is 13.1 Å². The number of ether oxygens (including phenoxy) is 1. The molecule has 3 rings (SSSR count). The zero-order chi connectivity index (χ0) is 21.7. The number of halogens is 7. The van der Waals surface area contributed by atoms with E-state index in [9.17, 15) is 40.3 Å². The molecule has 154 valence electrons. The first-order valence-corrected chi connectivity index (χ1v) is 7.70. The zero-order valence-corrected chi connectivity index (χ0v) is 14.1. The Bertz CT molecular complexity index is 1200. The number of benzene rings is 1. The molecule has 0 saturated heterocycles. The van der Waals surface area contributed by atoms with Crippen LogP contribution in [0.3, 0.4) is 0 Å². The molecule has 3 aromatic rings. The second kappa shape index (κ2) is 6.90. The molecule has 0 unspecified atom stereocenters. The lowest BCUT2D eigenvalue weighted by atomic mass is 10.1. The molecule has 0 aliphatic heterocycles. The molecule has 0 radical (unpaired) electrons. The highest BCUT2D eigenvalue weighted by molar-refractivity contribution is 5.97. The fourth-order valence-corrected chi connectivity index (χ4v) is 2.54. The smallest absolute Gasteiger partial charge is 0.433 e. The van der Waals surface area contributed by atoms with Crippen molar-refractivity contribution in [2.75, 3.05) is 6.61 Å². The Morgan fingerprint density at radius 2 is 1.79 bits per heavy atom. The molecule has 0 atom stereocenters. The van der Waals surface area contributed by atoms with Crippen molar-refractivity contribution >= 4 is 11.6 Å². The molecule has 0 aliphatic rings. The van der Waals surface area contributed by atoms with E-state index in [2.05, 4.69) is 9.72 Å². The van der Waals surface area contributed by atoms with Crippen molar-refractivity contribution in [1.29, 1.82) is 0 Å². The fraction of sp³-hybridized carbons (Fsp3) is 0.188. The van der Waals surface area contributed by atoms with Crippen molar-refractivity contribution in [3.05, 3.63) is 57.0 Å². The van der Waals surface area contributed by atoms with Crippen LogP contribution in [0.2, 0.25) is 0 Å². The molecule has 0 amide bonds. The predicted octanol–water partition coefficient (Wildman–Crippen LogP) is 3.44. The van der Waals surface area contributed by atoms with Gasteiger partial charge in [0.1, 0.15) is 5.56 Å². The van der Waals surface area contributed by atoms with Gasteiger partial charge < -0.3 is 4.74 Å². The van der Waals surface area contributed by atoms with Crippen LogP contribution in [-0.2, 0) is 10.9 Å². The molecule has 1 aromatic carbocycles. The standard InChI is InChI=1S/C16H8F7N3O3/c1-2-29-15(28)9-13(16(21,22)23)25-26-8(27)4-7(24-14(9)26)5-3-6(17)11(19)12(20)10(5)18/h3-4,25H,2H2,1H3. The van der Waals surface area contributed by atoms with E-state index in [-0.39, 0.29) is 17.2 Å². The Kier molecular flexibility index (Phi) is 4.84. The van der Waals surface area contributed by atoms with Crippen molar-refractivity contribution in [1.82, 2.24) is 14.6 Å². The largest absolute Gasteiger partial charge is 0.462 e. The summed E-state index contributed by atoms with van der Waals surface area (Å²) >= 11 is 0. The second-order valence-corrected chi connectivity index (χ2v) is 5.57. The maximum absolute atomic E-state index is 14.0. The normalized spacial score (nSPS) is 11.9. The number of aromatic amines is 1. The molecule has 0 fully saturated rings. The monoisotopic (exact) mass is 423 g/mol. The molecular formula is C16H8F7N3O3. The molecule has 0 spiro atoms. The summed E-state index contributed by atoms with van der Waals surface area (Å²) in [4.78, 5) is 27.8. The minimum Gasteiger partial charge on any atom is -0.462 e. The molecule has 2 heterocycles. The Morgan fingerprint density at radius 1 is 1.14 bits per heavy atom. The first-order valence-electron chi connectivity index (χ1n) is 7.70. The number of nitrogens with one attached hydrogen (secondary N) is 1. The average Bonchev–Trinajstić information content (AvgIpc) is 3.03. The summed E-state index contributed by atoms with van der Waals surface area (Å²) in [6, 6.07) is 0.626. The Balaban J connectivity index is 2.39. The van der Waals surface area contributed by atoms with E-state index in [1.165, 1.54) is 6.92 Å². The summed E-state index contributed by atoms with van der Waals surface area (Å²) in [5.41, 5.74) is -6.93. The minimum atomic E-state index is -5.14. The van der Waals surface area contributed by atoms with E-state index in [1.807, 2.05) is 0 Å². The summed E-state index contributed by atoms with van der Waals surface area (Å²) in [5, 5.41) is 1.65. The molecule has 0 saturated carbocycles. The summed E-state index contributed by atoms with van der Waals surface area (Å²) in [5.74, 6) is -9.59. The van der Waals surface area contributed by atoms with Crippen molar-refractivity contribution in [2.24, 2.45) is 0 Å². The van der Waals surface area contributed by atoms with E-state index < -0.39 is 69.1 Å². The van der Waals surface area contributed by atoms with Crippen LogP contribution in [0.1, 0.15) is 23.0 Å². The molecule has 0 aliphatic carbocycles. The van der Waals surface area contributed by atoms with Crippen LogP contribution in [-0.4, -0.2) is 27.2 Å². The number of nitrogens with zero attached hydrogens (tertiary/aromatic N) is 2. The lowest BCUT2D eigenvalue weighted by Crippen LogP contribution is -2.16. The van der Waals surface area contributed by atoms with Gasteiger partial charge >= 0.3 is 12.1 Å². The Morgan fingerprint density at radius 3 is 2.38 bits per heavy atom. The van der Waals surface area contributed by atoms with Crippen LogP contribution < -0.4 is 5.56 Å². The van der Waals surface area contributed by atoms with Crippen LogP contribution >= 0.6 is 0 Å². The van der Waals surface area contributed by atoms with Gasteiger partial charge in [-0.1, -0.05) is 0 Å². The number of H-pyrrole nitrogens is 1. The van der Waals surface area contributed by atoms with Gasteiger partial charge in [-0.15, -0.1) is 0 Å². The van der Waals surface area contributed by atoms with E-state index >= 15 is 0 Å². The maximum atomic E-state index is 14.0. The topological polar surface area (TPSA) is 76.5 Å². The van der Waals surface area contributed by atoms with Crippen molar-refractivity contribution < 1.29 is 40.3 Å². The van der Waals surface area contributed by atoms with Crippen molar-refractivity contribution in [3.63, 3.8) is 0 Å². The first-order chi connectivity index (χ1) is 13.5. The van der Waals surface area contributed by atoms with Crippen LogP contribution in [0.15, 0.2) is 16.9 Å². The number of alkyl halides is 3. The van der Waals surface area contributed by atoms with Gasteiger partial charge in [0, 0.05) is 11.6 Å². The van der Waals surface area contributed by atoms with Gasteiger partial charge in [-0.05, 0) is 13.0 Å². The maximum Gasteiger partial charge on any atom is 0.433 e. The molecule has 2 aromatic heterocycles. The fourth-order valence-electron chi connectivity index (χ4n) is 2.54. The summed E-state index contributed by atoms with van der Waals surface area (Å²) in [7, 11) is 0. The third-order valence-corrected chi connectivity index (χ3v) is 3.76. The van der Waals surface area contributed by atoms with Crippen molar-refractivity contribution in [3.8, 4) is 11.3 Å². The highest BCUT2D eigenvalue weighted by Crippen LogP contribution is 2.33. The van der Waals surface area contributed by atoms with Crippen LogP contribution in [0.5, 0.6) is 0 Å². The van der Waals surface area contributed by atoms with Gasteiger partial charge in [-0.25, -0.2) is 31.9 Å². The van der Waals surface area contributed by atoms with Gasteiger partial charge in [0.05, 0.1) is 12.3 Å². The predicted molar refractivity (Wildman–Crippen MR) is 82.0 cm³/mol. The van der Waals surface area contributed by atoms with Crippen LogP contribution in [0, 0.1) is 23.3 Å². The van der Waals surface area contributed by atoms with E-state index in [1.54, 1.807) is 5.10 Å². The summed E-state index contributed by atoms with van der Waals surface area (Å²) in [6.07, 6.45) is -5.14. The third-order valence-electron chi connectivity index (χ3n) is 3.76. The number of carbonyl (C=O) groups excluding carboxylic acids is 1. The Labute approximate surface area is 155 Å². The average molecular weight is 423 g/mol. The molecule has 1 N–H and O–H groups in total. The number of rotatable bonds is 3. The van der Waals surface area contributed by atoms with Crippen LogP contribution in [0.4, 0.5) is 30.7 Å². The first kappa shape index (κ1) is 20.4. The van der Waals surface area contributed by atoms with Gasteiger partial charge in [-0.2, -0.15) is 13.2 Å². The van der Waals surface area contributed by atoms with Gasteiger partial charge in [-0.3, -0.25) is 9.89 Å². The number of esters is 1. The number of carbonyl (C=O) groups is 1. The molecule has 29 heavy (non-hydrogen) atoms. The zero-order valence-electron chi connectivity index (χ0n) is 14.1.